The van der Waals surface area contributed by atoms with Crippen LogP contribution >= 0.6 is 0 Å². The van der Waals surface area contributed by atoms with Crippen molar-refractivity contribution >= 4 is 11.7 Å². The first-order chi connectivity index (χ1) is 11.2. The minimum absolute atomic E-state index is 0.214. The summed E-state index contributed by atoms with van der Waals surface area (Å²) >= 11 is 0. The molecule has 1 aliphatic rings. The van der Waals surface area contributed by atoms with Crippen molar-refractivity contribution < 1.29 is 9.90 Å². The zero-order valence-electron chi connectivity index (χ0n) is 13.4. The van der Waals surface area contributed by atoms with Crippen molar-refractivity contribution in [1.82, 2.24) is 10.2 Å². The molecule has 1 aliphatic heterocycles. The van der Waals surface area contributed by atoms with Gasteiger partial charge in [0.05, 0.1) is 6.61 Å². The van der Waals surface area contributed by atoms with Gasteiger partial charge in [-0.1, -0.05) is 12.0 Å². The highest BCUT2D eigenvalue weighted by molar-refractivity contribution is 5.89. The van der Waals surface area contributed by atoms with E-state index in [0.29, 0.717) is 18.3 Å². The highest BCUT2D eigenvalue weighted by Gasteiger charge is 2.22. The topological polar surface area (TPSA) is 64.6 Å². The molecule has 1 fully saturated rings. The Labute approximate surface area is 138 Å². The number of carbonyl (C=O) groups excluding carboxylic acids is 1. The molecule has 0 unspecified atom stereocenters. The SMILES string of the molecule is C#Cc1cccc(NC(=O)NCCCCN2CCC[C@@H]2CO)c1. The number of rotatable bonds is 7. The fraction of sp³-hybridized carbons (Fsp3) is 0.500. The van der Waals surface area contributed by atoms with E-state index in [-0.39, 0.29) is 12.6 Å². The second kappa shape index (κ2) is 9.19. The summed E-state index contributed by atoms with van der Waals surface area (Å²) in [5.41, 5.74) is 1.44. The van der Waals surface area contributed by atoms with E-state index in [1.54, 1.807) is 6.07 Å². The number of terminal acetylenes is 1. The number of nitrogens with one attached hydrogen (secondary N) is 2. The molecule has 23 heavy (non-hydrogen) atoms. The summed E-state index contributed by atoms with van der Waals surface area (Å²) in [5.74, 6) is 2.54. The predicted octanol–water partition coefficient (Wildman–Crippen LogP) is 2.03. The van der Waals surface area contributed by atoms with Crippen molar-refractivity contribution in [1.29, 1.82) is 0 Å². The molecule has 2 rings (SSSR count). The minimum atomic E-state index is -0.214. The van der Waals surface area contributed by atoms with Crippen molar-refractivity contribution in [2.24, 2.45) is 0 Å². The number of nitrogens with zero attached hydrogens (tertiary/aromatic N) is 1. The Morgan fingerprint density at radius 3 is 3.09 bits per heavy atom. The molecule has 1 saturated heterocycles. The lowest BCUT2D eigenvalue weighted by atomic mass is 10.2. The molecule has 5 nitrogen and oxygen atoms in total. The van der Waals surface area contributed by atoms with E-state index in [2.05, 4.69) is 21.5 Å². The molecule has 0 spiro atoms. The largest absolute Gasteiger partial charge is 0.395 e. The molecule has 2 amide bonds. The average molecular weight is 315 g/mol. The first kappa shape index (κ1) is 17.3. The fourth-order valence-corrected chi connectivity index (χ4v) is 2.90. The molecule has 1 aromatic rings. The second-order valence-corrected chi connectivity index (χ2v) is 5.83. The van der Waals surface area contributed by atoms with Gasteiger partial charge in [-0.15, -0.1) is 6.42 Å². The van der Waals surface area contributed by atoms with E-state index >= 15 is 0 Å². The van der Waals surface area contributed by atoms with Gasteiger partial charge in [-0.05, 0) is 57.0 Å². The third-order valence-electron chi connectivity index (χ3n) is 4.15. The van der Waals surface area contributed by atoms with Gasteiger partial charge in [0.15, 0.2) is 0 Å². The number of hydrogen-bond acceptors (Lipinski definition) is 3. The number of unbranched alkanes of at least 4 members (excludes halogenated alkanes) is 1. The van der Waals surface area contributed by atoms with Crippen LogP contribution in [0.3, 0.4) is 0 Å². The van der Waals surface area contributed by atoms with E-state index in [0.717, 1.165) is 37.9 Å². The number of likely N-dealkylation sites (tertiary alicyclic amines) is 1. The maximum absolute atomic E-state index is 11.8. The number of benzene rings is 1. The molecular weight excluding hydrogens is 290 g/mol. The molecule has 5 heteroatoms. The summed E-state index contributed by atoms with van der Waals surface area (Å²) in [6, 6.07) is 7.33. The van der Waals surface area contributed by atoms with Gasteiger partial charge in [-0.2, -0.15) is 0 Å². The van der Waals surface area contributed by atoms with Crippen LogP contribution < -0.4 is 10.6 Å². The Kier molecular flexibility index (Phi) is 6.92. The number of aliphatic hydroxyl groups excluding tert-OH is 1. The summed E-state index contributed by atoms with van der Waals surface area (Å²) in [6.07, 6.45) is 9.54. The van der Waals surface area contributed by atoms with E-state index < -0.39 is 0 Å². The quantitative estimate of drug-likeness (QED) is 0.533. The molecular formula is C18H25N3O2. The Balaban J connectivity index is 1.60. The Bertz CT molecular complexity index is 553. The lowest BCUT2D eigenvalue weighted by Gasteiger charge is -2.22. The van der Waals surface area contributed by atoms with E-state index in [1.165, 1.54) is 6.42 Å². The highest BCUT2D eigenvalue weighted by atomic mass is 16.3. The maximum atomic E-state index is 11.8. The normalized spacial score (nSPS) is 17.7. The number of anilines is 1. The average Bonchev–Trinajstić information content (AvgIpc) is 3.02. The number of urea groups is 1. The molecule has 0 aromatic heterocycles. The van der Waals surface area contributed by atoms with Gasteiger partial charge >= 0.3 is 6.03 Å². The summed E-state index contributed by atoms with van der Waals surface area (Å²) < 4.78 is 0. The number of aliphatic hydroxyl groups is 1. The molecule has 1 atom stereocenters. The van der Waals surface area contributed by atoms with Crippen LogP contribution in [0.2, 0.25) is 0 Å². The van der Waals surface area contributed by atoms with Crippen LogP contribution in [-0.4, -0.2) is 48.3 Å². The number of carbonyl (C=O) groups is 1. The van der Waals surface area contributed by atoms with Crippen molar-refractivity contribution in [3.63, 3.8) is 0 Å². The van der Waals surface area contributed by atoms with E-state index in [4.69, 9.17) is 6.42 Å². The van der Waals surface area contributed by atoms with Crippen LogP contribution in [0.1, 0.15) is 31.2 Å². The van der Waals surface area contributed by atoms with Crippen molar-refractivity contribution in [2.45, 2.75) is 31.7 Å². The molecule has 0 aliphatic carbocycles. The van der Waals surface area contributed by atoms with Crippen molar-refractivity contribution in [2.75, 3.05) is 31.6 Å². The van der Waals surface area contributed by atoms with Gasteiger partial charge in [-0.3, -0.25) is 4.90 Å². The third kappa shape index (κ3) is 5.59. The van der Waals surface area contributed by atoms with Crippen molar-refractivity contribution in [3.05, 3.63) is 29.8 Å². The van der Waals surface area contributed by atoms with Gasteiger partial charge in [0.2, 0.25) is 0 Å². The van der Waals surface area contributed by atoms with Gasteiger partial charge < -0.3 is 15.7 Å². The van der Waals surface area contributed by atoms with E-state index in [9.17, 15) is 9.90 Å². The molecule has 3 N–H and O–H groups in total. The summed E-state index contributed by atoms with van der Waals surface area (Å²) in [7, 11) is 0. The van der Waals surface area contributed by atoms with Crippen LogP contribution in [0.5, 0.6) is 0 Å². The van der Waals surface area contributed by atoms with Crippen LogP contribution in [0.4, 0.5) is 10.5 Å². The third-order valence-corrected chi connectivity index (χ3v) is 4.15. The van der Waals surface area contributed by atoms with Gasteiger partial charge in [0.1, 0.15) is 0 Å². The summed E-state index contributed by atoms with van der Waals surface area (Å²) in [4.78, 5) is 14.2. The lowest BCUT2D eigenvalue weighted by Crippen LogP contribution is -2.34. The van der Waals surface area contributed by atoms with Crippen LogP contribution in [-0.2, 0) is 0 Å². The van der Waals surface area contributed by atoms with Crippen molar-refractivity contribution in [3.8, 4) is 12.3 Å². The Hall–Kier alpha value is -2.03. The number of hydrogen-bond donors (Lipinski definition) is 3. The van der Waals surface area contributed by atoms with Gasteiger partial charge in [0.25, 0.3) is 0 Å². The lowest BCUT2D eigenvalue weighted by molar-refractivity contribution is 0.157. The Morgan fingerprint density at radius 2 is 2.30 bits per heavy atom. The maximum Gasteiger partial charge on any atom is 0.319 e. The monoisotopic (exact) mass is 315 g/mol. The van der Waals surface area contributed by atoms with Crippen LogP contribution in [0, 0.1) is 12.3 Å². The fourth-order valence-electron chi connectivity index (χ4n) is 2.90. The molecule has 0 saturated carbocycles. The Morgan fingerprint density at radius 1 is 1.43 bits per heavy atom. The van der Waals surface area contributed by atoms with Gasteiger partial charge in [-0.25, -0.2) is 4.79 Å². The highest BCUT2D eigenvalue weighted by Crippen LogP contribution is 2.16. The summed E-state index contributed by atoms with van der Waals surface area (Å²) in [5, 5.41) is 14.9. The first-order valence-electron chi connectivity index (χ1n) is 8.19. The second-order valence-electron chi connectivity index (χ2n) is 5.83. The minimum Gasteiger partial charge on any atom is -0.395 e. The first-order valence-corrected chi connectivity index (χ1v) is 8.19. The zero-order valence-corrected chi connectivity index (χ0v) is 13.4. The smallest absolute Gasteiger partial charge is 0.319 e. The molecule has 0 radical (unpaired) electrons. The predicted molar refractivity (Wildman–Crippen MR) is 92.3 cm³/mol. The standard InChI is InChI=1S/C18H25N3O2/c1-2-15-7-5-8-16(13-15)20-18(23)19-10-3-4-11-21-12-6-9-17(21)14-22/h1,5,7-8,13,17,22H,3-4,6,9-12,14H2,(H2,19,20,23)/t17-/m1/s1. The van der Waals surface area contributed by atoms with E-state index in [1.807, 2.05) is 18.2 Å². The molecule has 1 heterocycles. The van der Waals surface area contributed by atoms with Crippen LogP contribution in [0.25, 0.3) is 0 Å². The number of amides is 2. The molecule has 1 aromatic carbocycles. The van der Waals surface area contributed by atoms with Gasteiger partial charge in [0, 0.05) is 23.8 Å². The van der Waals surface area contributed by atoms with Crippen LogP contribution in [0.15, 0.2) is 24.3 Å². The molecule has 124 valence electrons. The zero-order chi connectivity index (χ0) is 16.5. The molecule has 0 bridgehead atoms. The summed E-state index contributed by atoms with van der Waals surface area (Å²) in [6.45, 7) is 2.94.